The van der Waals surface area contributed by atoms with Crippen molar-refractivity contribution in [3.63, 3.8) is 0 Å². The Bertz CT molecular complexity index is 86.5. The molecular weight excluding hydrogens is 154 g/mol. The van der Waals surface area contributed by atoms with Gasteiger partial charge >= 0.3 is 0 Å². The van der Waals surface area contributed by atoms with Gasteiger partial charge in [0.25, 0.3) is 0 Å². The highest BCUT2D eigenvalue weighted by molar-refractivity contribution is 4.68. The summed E-state index contributed by atoms with van der Waals surface area (Å²) in [6.07, 6.45) is 1.96. The Morgan fingerprint density at radius 2 is 1.58 bits per heavy atom. The highest BCUT2D eigenvalue weighted by Gasteiger charge is 2.11. The number of hydrogen-bond acceptors (Lipinski definition) is 3. The van der Waals surface area contributed by atoms with Crippen LogP contribution in [0.4, 0.5) is 0 Å². The van der Waals surface area contributed by atoms with Crippen molar-refractivity contribution in [3.8, 4) is 0 Å². The smallest absolute Gasteiger partial charge is 0.0477 e. The van der Waals surface area contributed by atoms with E-state index in [9.17, 15) is 0 Å². The van der Waals surface area contributed by atoms with Crippen LogP contribution in [0.15, 0.2) is 0 Å². The fraction of sp³-hybridized carbons (Fsp3) is 1.00. The van der Waals surface area contributed by atoms with E-state index >= 15 is 0 Å². The maximum Gasteiger partial charge on any atom is 0.0477 e. The lowest BCUT2D eigenvalue weighted by molar-refractivity contribution is 0.156. The predicted molar refractivity (Wildman–Crippen MR) is 50.1 cm³/mol. The molecule has 0 aromatic rings. The normalized spacial score (nSPS) is 16.0. The Kier molecular flexibility index (Phi) is 7.45. The first-order valence-electron chi connectivity index (χ1n) is 4.45. The largest absolute Gasteiger partial charge is 0.385 e. The Morgan fingerprint density at radius 1 is 1.08 bits per heavy atom. The molecule has 0 saturated carbocycles. The first-order valence-corrected chi connectivity index (χ1v) is 4.45. The van der Waals surface area contributed by atoms with Crippen LogP contribution in [0.2, 0.25) is 0 Å². The van der Waals surface area contributed by atoms with E-state index < -0.39 is 0 Å². The lowest BCUT2D eigenvalue weighted by atomic mass is 9.97. The van der Waals surface area contributed by atoms with Crippen molar-refractivity contribution >= 4 is 0 Å². The Hall–Kier alpha value is -0.120. The third-order valence-electron chi connectivity index (χ3n) is 2.16. The van der Waals surface area contributed by atoms with Gasteiger partial charge < -0.3 is 15.2 Å². The molecule has 3 heteroatoms. The maximum absolute atomic E-state index is 5.91. The molecule has 0 aliphatic rings. The molecule has 74 valence electrons. The van der Waals surface area contributed by atoms with Crippen LogP contribution in [0.3, 0.4) is 0 Å². The molecule has 12 heavy (non-hydrogen) atoms. The van der Waals surface area contributed by atoms with Crippen molar-refractivity contribution in [1.82, 2.24) is 0 Å². The van der Waals surface area contributed by atoms with E-state index in [-0.39, 0.29) is 6.04 Å². The zero-order valence-corrected chi connectivity index (χ0v) is 8.38. The summed E-state index contributed by atoms with van der Waals surface area (Å²) in [5.41, 5.74) is 5.91. The highest BCUT2D eigenvalue weighted by atomic mass is 16.5. The molecule has 2 atom stereocenters. The second-order valence-electron chi connectivity index (χ2n) is 3.20. The Labute approximate surface area is 75.2 Å². The minimum absolute atomic E-state index is 0.236. The predicted octanol–water partition coefficient (Wildman–Crippen LogP) is 1.02. The molecule has 0 fully saturated rings. The molecule has 0 aromatic carbocycles. The molecule has 0 radical (unpaired) electrons. The van der Waals surface area contributed by atoms with Crippen molar-refractivity contribution in [2.75, 3.05) is 27.4 Å². The fourth-order valence-electron chi connectivity index (χ4n) is 1.06. The van der Waals surface area contributed by atoms with Crippen LogP contribution in [0.25, 0.3) is 0 Å². The van der Waals surface area contributed by atoms with E-state index in [4.69, 9.17) is 15.2 Å². The van der Waals surface area contributed by atoms with Gasteiger partial charge in [-0.25, -0.2) is 0 Å². The fourth-order valence-corrected chi connectivity index (χ4v) is 1.06. The summed E-state index contributed by atoms with van der Waals surface area (Å²) in [6, 6.07) is 0.236. The van der Waals surface area contributed by atoms with Crippen LogP contribution in [-0.2, 0) is 9.47 Å². The molecule has 2 N–H and O–H groups in total. The van der Waals surface area contributed by atoms with Gasteiger partial charge in [-0.3, -0.25) is 0 Å². The molecular formula is C9H21NO2. The molecule has 0 rings (SSSR count). The zero-order chi connectivity index (χ0) is 9.40. The summed E-state index contributed by atoms with van der Waals surface area (Å²) in [5.74, 6) is 0.514. The molecule has 0 bridgehead atoms. The minimum atomic E-state index is 0.236. The summed E-state index contributed by atoms with van der Waals surface area (Å²) in [5, 5.41) is 0. The monoisotopic (exact) mass is 175 g/mol. The van der Waals surface area contributed by atoms with Crippen LogP contribution in [0.5, 0.6) is 0 Å². The third-order valence-corrected chi connectivity index (χ3v) is 2.16. The Morgan fingerprint density at radius 3 is 2.08 bits per heavy atom. The summed E-state index contributed by atoms with van der Waals surface area (Å²) in [6.45, 7) is 3.69. The molecule has 0 spiro atoms. The van der Waals surface area contributed by atoms with Gasteiger partial charge in [-0.2, -0.15) is 0 Å². The highest BCUT2D eigenvalue weighted by Crippen LogP contribution is 2.09. The van der Waals surface area contributed by atoms with Gasteiger partial charge in [-0.1, -0.05) is 6.92 Å². The van der Waals surface area contributed by atoms with Gasteiger partial charge in [0, 0.05) is 33.5 Å². The van der Waals surface area contributed by atoms with Gasteiger partial charge in [0.15, 0.2) is 0 Å². The molecule has 2 unspecified atom stereocenters. The number of hydrogen-bond donors (Lipinski definition) is 1. The topological polar surface area (TPSA) is 44.5 Å². The first-order chi connectivity index (χ1) is 5.72. The summed E-state index contributed by atoms with van der Waals surface area (Å²) >= 11 is 0. The molecule has 0 amide bonds. The van der Waals surface area contributed by atoms with E-state index in [1.165, 1.54) is 0 Å². The van der Waals surface area contributed by atoms with Crippen molar-refractivity contribution in [1.29, 1.82) is 0 Å². The number of nitrogens with two attached hydrogens (primary N) is 1. The van der Waals surface area contributed by atoms with Crippen molar-refractivity contribution in [3.05, 3.63) is 0 Å². The summed E-state index contributed by atoms with van der Waals surface area (Å²) in [4.78, 5) is 0. The lowest BCUT2D eigenvalue weighted by Crippen LogP contribution is -2.30. The van der Waals surface area contributed by atoms with Crippen molar-refractivity contribution in [2.24, 2.45) is 11.7 Å². The van der Waals surface area contributed by atoms with Gasteiger partial charge in [-0.15, -0.1) is 0 Å². The number of rotatable bonds is 7. The Balaban J connectivity index is 3.39. The third kappa shape index (κ3) is 5.52. The minimum Gasteiger partial charge on any atom is -0.385 e. The van der Waals surface area contributed by atoms with Gasteiger partial charge in [0.2, 0.25) is 0 Å². The van der Waals surface area contributed by atoms with E-state index in [1.54, 1.807) is 14.2 Å². The van der Waals surface area contributed by atoms with Crippen molar-refractivity contribution in [2.45, 2.75) is 25.8 Å². The van der Waals surface area contributed by atoms with E-state index in [0.29, 0.717) is 5.92 Å². The van der Waals surface area contributed by atoms with Crippen LogP contribution in [0, 0.1) is 5.92 Å². The SMILES string of the molecule is COCCC(C)C(N)CCOC. The second-order valence-corrected chi connectivity index (χ2v) is 3.20. The van der Waals surface area contributed by atoms with Crippen LogP contribution in [0.1, 0.15) is 19.8 Å². The molecule has 0 aromatic heterocycles. The van der Waals surface area contributed by atoms with E-state index in [1.807, 2.05) is 0 Å². The molecule has 0 heterocycles. The zero-order valence-electron chi connectivity index (χ0n) is 8.38. The van der Waals surface area contributed by atoms with Gasteiger partial charge in [0.05, 0.1) is 0 Å². The quantitative estimate of drug-likeness (QED) is 0.628. The number of ether oxygens (including phenoxy) is 2. The maximum atomic E-state index is 5.91. The van der Waals surface area contributed by atoms with Crippen molar-refractivity contribution < 1.29 is 9.47 Å². The van der Waals surface area contributed by atoms with Gasteiger partial charge in [0.1, 0.15) is 0 Å². The average Bonchev–Trinajstić information content (AvgIpc) is 2.10. The van der Waals surface area contributed by atoms with Crippen LogP contribution in [-0.4, -0.2) is 33.5 Å². The molecule has 0 aliphatic heterocycles. The number of methoxy groups -OCH3 is 2. The van der Waals surface area contributed by atoms with E-state index in [2.05, 4.69) is 6.92 Å². The molecule has 0 aliphatic carbocycles. The summed E-state index contributed by atoms with van der Waals surface area (Å²) in [7, 11) is 3.42. The average molecular weight is 175 g/mol. The molecule has 0 saturated heterocycles. The van der Waals surface area contributed by atoms with Crippen LogP contribution >= 0.6 is 0 Å². The summed E-state index contributed by atoms with van der Waals surface area (Å²) < 4.78 is 9.94. The van der Waals surface area contributed by atoms with Gasteiger partial charge in [-0.05, 0) is 18.8 Å². The standard InChI is InChI=1S/C9H21NO2/c1-8(4-6-11-2)9(10)5-7-12-3/h8-9H,4-7,10H2,1-3H3. The second kappa shape index (κ2) is 7.53. The molecule has 3 nitrogen and oxygen atoms in total. The van der Waals surface area contributed by atoms with Crippen LogP contribution < -0.4 is 5.73 Å². The van der Waals surface area contributed by atoms with E-state index in [0.717, 1.165) is 26.1 Å². The first kappa shape index (κ1) is 11.9. The lowest BCUT2D eigenvalue weighted by Gasteiger charge is -2.18.